The highest BCUT2D eigenvalue weighted by molar-refractivity contribution is 6.31. The van der Waals surface area contributed by atoms with Crippen LogP contribution < -0.4 is 10.2 Å². The molecule has 0 unspecified atom stereocenters. The number of nitrogens with zero attached hydrogens (tertiary/aromatic N) is 2. The summed E-state index contributed by atoms with van der Waals surface area (Å²) >= 11 is 5.87. The third-order valence-electron chi connectivity index (χ3n) is 4.30. The molecule has 0 radical (unpaired) electrons. The third kappa shape index (κ3) is 3.07. The lowest BCUT2D eigenvalue weighted by molar-refractivity contribution is -0.113. The first kappa shape index (κ1) is 17.3. The van der Waals surface area contributed by atoms with Crippen LogP contribution in [-0.4, -0.2) is 16.5 Å². The van der Waals surface area contributed by atoms with E-state index in [-0.39, 0.29) is 11.6 Å². The van der Waals surface area contributed by atoms with Crippen molar-refractivity contribution >= 4 is 35.3 Å². The number of anilines is 1. The molecule has 2 aromatic rings. The zero-order valence-corrected chi connectivity index (χ0v) is 15.4. The Hall–Kier alpha value is -2.53. The fraction of sp³-hybridized carbons (Fsp3) is 0.263. The van der Waals surface area contributed by atoms with E-state index in [0.717, 1.165) is 21.9 Å². The Bertz CT molecular complexity index is 879. The van der Waals surface area contributed by atoms with Gasteiger partial charge in [0.15, 0.2) is 0 Å². The molecule has 1 aliphatic heterocycles. The smallest absolute Gasteiger partial charge is 0.333 e. The lowest BCUT2D eigenvalue weighted by Crippen LogP contribution is -2.30. The van der Waals surface area contributed by atoms with Gasteiger partial charge in [-0.05, 0) is 69.7 Å². The molecule has 0 saturated carbocycles. The van der Waals surface area contributed by atoms with Gasteiger partial charge in [0.2, 0.25) is 0 Å². The molecule has 5 nitrogen and oxygen atoms in total. The molecule has 3 rings (SSSR count). The van der Waals surface area contributed by atoms with Crippen LogP contribution in [0.1, 0.15) is 36.8 Å². The minimum Gasteiger partial charge on any atom is -0.346 e. The molecule has 0 aliphatic carbocycles. The number of hydrogen-bond donors (Lipinski definition) is 1. The zero-order chi connectivity index (χ0) is 18.3. The summed E-state index contributed by atoms with van der Waals surface area (Å²) in [5, 5.41) is 3.21. The molecule has 0 bridgehead atoms. The van der Waals surface area contributed by atoms with Crippen molar-refractivity contribution in [2.45, 2.75) is 33.7 Å². The monoisotopic (exact) mass is 357 g/mol. The summed E-state index contributed by atoms with van der Waals surface area (Å²) in [5.74, 6) is -0.373. The Balaban J connectivity index is 1.96. The summed E-state index contributed by atoms with van der Waals surface area (Å²) in [7, 11) is 0. The van der Waals surface area contributed by atoms with Crippen molar-refractivity contribution in [1.82, 2.24) is 9.88 Å². The maximum absolute atomic E-state index is 12.7. The first-order valence-electron chi connectivity index (χ1n) is 8.10. The van der Waals surface area contributed by atoms with Gasteiger partial charge in [-0.25, -0.2) is 9.69 Å². The highest BCUT2D eigenvalue weighted by atomic mass is 35.5. The summed E-state index contributed by atoms with van der Waals surface area (Å²) in [6, 6.07) is 8.47. The Labute approximate surface area is 151 Å². The van der Waals surface area contributed by atoms with Crippen molar-refractivity contribution in [2.75, 3.05) is 4.90 Å². The highest BCUT2D eigenvalue weighted by Crippen LogP contribution is 2.26. The number of carbonyl (C=O) groups is 2. The van der Waals surface area contributed by atoms with E-state index >= 15 is 0 Å². The highest BCUT2D eigenvalue weighted by Gasteiger charge is 2.35. The van der Waals surface area contributed by atoms with Gasteiger partial charge < -0.3 is 9.88 Å². The van der Waals surface area contributed by atoms with Gasteiger partial charge in [-0.15, -0.1) is 0 Å². The fourth-order valence-electron chi connectivity index (χ4n) is 3.26. The standard InChI is InChI=1S/C19H20ClN3O2/c1-11(2)22-12(3)9-14(13(22)4)10-17-18(24)23(19(25)21-17)16-7-5-15(20)6-8-16/h5-11H,1-4H3,(H,21,25). The first-order valence-corrected chi connectivity index (χ1v) is 8.48. The number of carbonyl (C=O) groups excluding carboxylic acids is 2. The molecule has 6 heteroatoms. The molecule has 2 heterocycles. The molecular weight excluding hydrogens is 338 g/mol. The average Bonchev–Trinajstić information content (AvgIpc) is 2.97. The number of rotatable bonds is 3. The van der Waals surface area contributed by atoms with Crippen molar-refractivity contribution in [3.05, 3.63) is 58.0 Å². The van der Waals surface area contributed by atoms with Crippen LogP contribution in [0.4, 0.5) is 10.5 Å². The maximum atomic E-state index is 12.7. The van der Waals surface area contributed by atoms with E-state index in [1.165, 1.54) is 0 Å². The zero-order valence-electron chi connectivity index (χ0n) is 14.6. The van der Waals surface area contributed by atoms with Gasteiger partial charge in [0.25, 0.3) is 5.91 Å². The molecule has 1 N–H and O–H groups in total. The third-order valence-corrected chi connectivity index (χ3v) is 4.55. The minimum absolute atomic E-state index is 0.268. The van der Waals surface area contributed by atoms with Crippen LogP contribution in [0.25, 0.3) is 6.08 Å². The predicted molar refractivity (Wildman–Crippen MR) is 99.7 cm³/mol. The van der Waals surface area contributed by atoms with Crippen LogP contribution in [0, 0.1) is 13.8 Å². The number of benzene rings is 1. The minimum atomic E-state index is -0.462. The molecule has 0 spiro atoms. The topological polar surface area (TPSA) is 54.3 Å². The van der Waals surface area contributed by atoms with Gasteiger partial charge in [0.05, 0.1) is 5.69 Å². The van der Waals surface area contributed by atoms with Crippen LogP contribution in [0.15, 0.2) is 36.0 Å². The largest absolute Gasteiger partial charge is 0.346 e. The summed E-state index contributed by atoms with van der Waals surface area (Å²) in [6.07, 6.45) is 1.73. The number of halogens is 1. The van der Waals surface area contributed by atoms with E-state index in [0.29, 0.717) is 16.8 Å². The molecule has 1 fully saturated rings. The summed E-state index contributed by atoms with van der Waals surface area (Å²) in [5.41, 5.74) is 3.86. The second-order valence-electron chi connectivity index (χ2n) is 6.40. The van der Waals surface area contributed by atoms with Crippen LogP contribution >= 0.6 is 11.6 Å². The number of hydrogen-bond acceptors (Lipinski definition) is 2. The van der Waals surface area contributed by atoms with E-state index in [4.69, 9.17) is 11.6 Å². The molecule has 25 heavy (non-hydrogen) atoms. The summed E-state index contributed by atoms with van der Waals surface area (Å²) < 4.78 is 2.20. The number of amides is 3. The van der Waals surface area contributed by atoms with Crippen LogP contribution in [0.3, 0.4) is 0 Å². The number of aromatic nitrogens is 1. The Morgan fingerprint density at radius 1 is 1.12 bits per heavy atom. The average molecular weight is 358 g/mol. The van der Waals surface area contributed by atoms with Crippen molar-refractivity contribution in [2.24, 2.45) is 0 Å². The molecule has 0 atom stereocenters. The summed E-state index contributed by atoms with van der Waals surface area (Å²) in [6.45, 7) is 8.27. The van der Waals surface area contributed by atoms with E-state index in [9.17, 15) is 9.59 Å². The van der Waals surface area contributed by atoms with Crippen molar-refractivity contribution in [3.8, 4) is 0 Å². The van der Waals surface area contributed by atoms with E-state index < -0.39 is 6.03 Å². The fourth-order valence-corrected chi connectivity index (χ4v) is 3.38. The molecule has 130 valence electrons. The Morgan fingerprint density at radius 2 is 1.76 bits per heavy atom. The molecule has 1 aromatic carbocycles. The van der Waals surface area contributed by atoms with Crippen LogP contribution in [0.5, 0.6) is 0 Å². The molecule has 3 amide bonds. The predicted octanol–water partition coefficient (Wildman–Crippen LogP) is 4.44. The van der Waals surface area contributed by atoms with E-state index in [1.807, 2.05) is 19.9 Å². The van der Waals surface area contributed by atoms with Gasteiger partial charge in [0, 0.05) is 22.5 Å². The van der Waals surface area contributed by atoms with Crippen LogP contribution in [0.2, 0.25) is 5.02 Å². The second kappa shape index (κ2) is 6.41. The van der Waals surface area contributed by atoms with Gasteiger partial charge in [-0.3, -0.25) is 4.79 Å². The van der Waals surface area contributed by atoms with Crippen LogP contribution in [-0.2, 0) is 4.79 Å². The molecule has 1 aromatic heterocycles. The van der Waals surface area contributed by atoms with Crippen molar-refractivity contribution < 1.29 is 9.59 Å². The number of aryl methyl sites for hydroxylation is 1. The molecule has 1 aliphatic rings. The number of imide groups is 1. The number of nitrogens with one attached hydrogen (secondary N) is 1. The van der Waals surface area contributed by atoms with Gasteiger partial charge >= 0.3 is 6.03 Å². The van der Waals surface area contributed by atoms with Crippen molar-refractivity contribution in [3.63, 3.8) is 0 Å². The second-order valence-corrected chi connectivity index (χ2v) is 6.83. The normalized spacial score (nSPS) is 16.2. The van der Waals surface area contributed by atoms with E-state index in [2.05, 4.69) is 23.7 Å². The van der Waals surface area contributed by atoms with Gasteiger partial charge in [-0.2, -0.15) is 0 Å². The molecular formula is C19H20ClN3O2. The van der Waals surface area contributed by atoms with Gasteiger partial charge in [-0.1, -0.05) is 11.6 Å². The Morgan fingerprint density at radius 3 is 2.32 bits per heavy atom. The lowest BCUT2D eigenvalue weighted by Gasteiger charge is -2.13. The van der Waals surface area contributed by atoms with Gasteiger partial charge in [0.1, 0.15) is 5.70 Å². The maximum Gasteiger partial charge on any atom is 0.333 e. The quantitative estimate of drug-likeness (QED) is 0.652. The first-order chi connectivity index (χ1) is 11.8. The van der Waals surface area contributed by atoms with E-state index in [1.54, 1.807) is 30.3 Å². The summed E-state index contributed by atoms with van der Waals surface area (Å²) in [4.78, 5) is 26.0. The number of urea groups is 1. The SMILES string of the molecule is Cc1cc(C=C2NC(=O)N(c3ccc(Cl)cc3)C2=O)c(C)n1C(C)C. The molecule has 1 saturated heterocycles. The van der Waals surface area contributed by atoms with Crippen molar-refractivity contribution in [1.29, 1.82) is 0 Å². The Kier molecular flexibility index (Phi) is 4.43. The lowest BCUT2D eigenvalue weighted by atomic mass is 10.2.